The summed E-state index contributed by atoms with van der Waals surface area (Å²) in [6.07, 6.45) is 0.752. The first kappa shape index (κ1) is 27.0. The number of hydrogen-bond donors (Lipinski definition) is 2. The van der Waals surface area contributed by atoms with Gasteiger partial charge >= 0.3 is 0 Å². The van der Waals surface area contributed by atoms with E-state index in [0.29, 0.717) is 22.7 Å². The zero-order chi connectivity index (χ0) is 26.6. The normalized spacial score (nSPS) is 13.8. The minimum atomic E-state index is -3.74. The number of nitrogens with one attached hydrogen (secondary N) is 2. The maximum atomic E-state index is 13.2. The number of anilines is 1. The summed E-state index contributed by atoms with van der Waals surface area (Å²) in [7, 11) is -2.16. The van der Waals surface area contributed by atoms with Crippen molar-refractivity contribution in [1.82, 2.24) is 14.5 Å². The molecule has 4 rings (SSSR count). The van der Waals surface area contributed by atoms with Crippen LogP contribution in [0.15, 0.2) is 59.5 Å². The van der Waals surface area contributed by atoms with E-state index in [4.69, 9.17) is 0 Å². The molecular formula is C27H32N4O4S2. The fourth-order valence-electron chi connectivity index (χ4n) is 4.44. The highest BCUT2D eigenvalue weighted by Gasteiger charge is 2.28. The maximum absolute atomic E-state index is 13.2. The lowest BCUT2D eigenvalue weighted by Crippen LogP contribution is -2.30. The number of carbonyl (C=O) groups excluding carboxylic acids is 2. The third-order valence-corrected chi connectivity index (χ3v) is 9.64. The van der Waals surface area contributed by atoms with E-state index in [1.165, 1.54) is 39.9 Å². The first-order valence-corrected chi connectivity index (χ1v) is 14.6. The molecule has 1 aromatic heterocycles. The number of sulfonamides is 1. The van der Waals surface area contributed by atoms with Crippen molar-refractivity contribution in [3.8, 4) is 0 Å². The van der Waals surface area contributed by atoms with Crippen LogP contribution in [0, 0.1) is 0 Å². The van der Waals surface area contributed by atoms with Crippen LogP contribution in [-0.2, 0) is 29.5 Å². The molecule has 8 nitrogen and oxygen atoms in total. The summed E-state index contributed by atoms with van der Waals surface area (Å²) in [6, 6.07) is 15.3. The molecule has 0 aliphatic carbocycles. The van der Waals surface area contributed by atoms with Crippen molar-refractivity contribution in [3.63, 3.8) is 0 Å². The van der Waals surface area contributed by atoms with Gasteiger partial charge in [-0.2, -0.15) is 4.31 Å². The Morgan fingerprint density at radius 3 is 2.35 bits per heavy atom. The van der Waals surface area contributed by atoms with Crippen LogP contribution >= 0.6 is 11.3 Å². The molecule has 1 aliphatic heterocycles. The average molecular weight is 541 g/mol. The number of hydrogen-bond acceptors (Lipinski definition) is 6. The second-order valence-electron chi connectivity index (χ2n) is 8.80. The number of nitrogens with zero attached hydrogens (tertiary/aromatic N) is 2. The Kier molecular flexibility index (Phi) is 8.43. The highest BCUT2D eigenvalue weighted by atomic mass is 32.2. The predicted octanol–water partition coefficient (Wildman–Crippen LogP) is 3.95. The molecule has 3 aromatic rings. The third kappa shape index (κ3) is 5.77. The van der Waals surface area contributed by atoms with E-state index in [9.17, 15) is 18.0 Å². The summed E-state index contributed by atoms with van der Waals surface area (Å²) in [5.74, 6) is -0.617. The SMILES string of the molecule is CCN1CCc2c(sc(NC(=O)c3ccc(S(=O)(=O)N(CC)Cc4ccccc4)cc3)c2C(=O)NC)C1. The standard InChI is InChI=1S/C27H32N4O4S2/c1-4-30-16-15-22-23(18-30)36-27(24(22)26(33)28-3)29-25(32)20-11-13-21(14-12-20)37(34,35)31(5-2)17-19-9-7-6-8-10-19/h6-14H,4-5,15-18H2,1-3H3,(H,28,33)(H,29,32). The first-order chi connectivity index (χ1) is 17.8. The summed E-state index contributed by atoms with van der Waals surface area (Å²) in [4.78, 5) is 29.3. The van der Waals surface area contributed by atoms with Crippen molar-refractivity contribution in [1.29, 1.82) is 0 Å². The molecule has 196 valence electrons. The Balaban J connectivity index is 1.54. The fourth-order valence-corrected chi connectivity index (χ4v) is 7.16. The van der Waals surface area contributed by atoms with Gasteiger partial charge in [0.25, 0.3) is 11.8 Å². The van der Waals surface area contributed by atoms with Gasteiger partial charge in [-0.3, -0.25) is 14.5 Å². The Hall–Kier alpha value is -3.05. The Morgan fingerprint density at radius 1 is 1.03 bits per heavy atom. The van der Waals surface area contributed by atoms with Crippen molar-refractivity contribution >= 4 is 38.2 Å². The van der Waals surface area contributed by atoms with Crippen molar-refractivity contribution in [2.24, 2.45) is 0 Å². The molecule has 0 spiro atoms. The van der Waals surface area contributed by atoms with Crippen LogP contribution in [0.25, 0.3) is 0 Å². The molecule has 0 radical (unpaired) electrons. The van der Waals surface area contributed by atoms with Crippen LogP contribution in [0.4, 0.5) is 5.00 Å². The predicted molar refractivity (Wildman–Crippen MR) is 146 cm³/mol. The van der Waals surface area contributed by atoms with Crippen LogP contribution in [-0.4, -0.2) is 56.1 Å². The van der Waals surface area contributed by atoms with Crippen molar-refractivity contribution in [2.45, 2.75) is 38.3 Å². The van der Waals surface area contributed by atoms with E-state index in [2.05, 4.69) is 22.5 Å². The number of thiophene rings is 1. The summed E-state index contributed by atoms with van der Waals surface area (Å²) in [6.45, 7) is 7.03. The van der Waals surface area contributed by atoms with Gasteiger partial charge in [-0.15, -0.1) is 11.3 Å². The minimum Gasteiger partial charge on any atom is -0.355 e. The zero-order valence-corrected chi connectivity index (χ0v) is 22.9. The number of amides is 2. The number of fused-ring (bicyclic) bond motifs is 1. The monoisotopic (exact) mass is 540 g/mol. The van der Waals surface area contributed by atoms with E-state index in [-0.39, 0.29) is 17.3 Å². The molecule has 37 heavy (non-hydrogen) atoms. The highest BCUT2D eigenvalue weighted by Crippen LogP contribution is 2.37. The van der Waals surface area contributed by atoms with Gasteiger partial charge in [0.15, 0.2) is 0 Å². The fraction of sp³-hybridized carbons (Fsp3) is 0.333. The number of carbonyl (C=O) groups is 2. The van der Waals surface area contributed by atoms with Gasteiger partial charge in [-0.25, -0.2) is 8.42 Å². The van der Waals surface area contributed by atoms with Crippen molar-refractivity contribution in [3.05, 3.63) is 81.7 Å². The van der Waals surface area contributed by atoms with Gasteiger partial charge in [-0.05, 0) is 48.4 Å². The number of likely N-dealkylation sites (N-methyl/N-ethyl adjacent to an activating group) is 1. The summed E-state index contributed by atoms with van der Waals surface area (Å²) < 4.78 is 27.9. The summed E-state index contributed by atoms with van der Waals surface area (Å²) in [5, 5.41) is 6.10. The lowest BCUT2D eigenvalue weighted by atomic mass is 10.0. The molecule has 10 heteroatoms. The maximum Gasteiger partial charge on any atom is 0.256 e. The quantitative estimate of drug-likeness (QED) is 0.428. The Labute approximate surface area is 222 Å². The zero-order valence-electron chi connectivity index (χ0n) is 21.3. The van der Waals surface area contributed by atoms with Crippen LogP contribution < -0.4 is 10.6 Å². The lowest BCUT2D eigenvalue weighted by molar-refractivity contribution is 0.0962. The third-order valence-electron chi connectivity index (χ3n) is 6.57. The van der Waals surface area contributed by atoms with E-state index in [1.54, 1.807) is 14.0 Å². The molecule has 2 N–H and O–H groups in total. The van der Waals surface area contributed by atoms with Crippen LogP contribution in [0.2, 0.25) is 0 Å². The van der Waals surface area contributed by atoms with Crippen LogP contribution in [0.3, 0.4) is 0 Å². The smallest absolute Gasteiger partial charge is 0.256 e. The summed E-state index contributed by atoms with van der Waals surface area (Å²) >= 11 is 1.43. The molecule has 2 amide bonds. The highest BCUT2D eigenvalue weighted by molar-refractivity contribution is 7.89. The number of rotatable bonds is 9. The van der Waals surface area contributed by atoms with E-state index in [0.717, 1.165) is 42.1 Å². The summed E-state index contributed by atoms with van der Waals surface area (Å²) in [5.41, 5.74) is 2.72. The van der Waals surface area contributed by atoms with Gasteiger partial charge in [0.1, 0.15) is 5.00 Å². The molecule has 0 fully saturated rings. The number of benzene rings is 2. The van der Waals surface area contributed by atoms with Crippen molar-refractivity contribution in [2.75, 3.05) is 32.0 Å². The van der Waals surface area contributed by atoms with Gasteiger partial charge in [0, 0.05) is 43.7 Å². The van der Waals surface area contributed by atoms with Gasteiger partial charge in [-0.1, -0.05) is 44.2 Å². The van der Waals surface area contributed by atoms with Gasteiger partial charge in [0.05, 0.1) is 10.5 Å². The van der Waals surface area contributed by atoms with Gasteiger partial charge < -0.3 is 10.6 Å². The molecule has 1 aliphatic rings. The molecule has 0 saturated heterocycles. The Bertz CT molecular complexity index is 1370. The molecular weight excluding hydrogens is 508 g/mol. The van der Waals surface area contributed by atoms with Crippen LogP contribution in [0.1, 0.15) is 50.6 Å². The molecule has 0 saturated carbocycles. The topological polar surface area (TPSA) is 98.8 Å². The molecule has 0 atom stereocenters. The van der Waals surface area contributed by atoms with E-state index < -0.39 is 15.9 Å². The van der Waals surface area contributed by atoms with Crippen molar-refractivity contribution < 1.29 is 18.0 Å². The molecule has 0 bridgehead atoms. The molecule has 2 heterocycles. The first-order valence-electron chi connectivity index (χ1n) is 12.3. The molecule has 0 unspecified atom stereocenters. The van der Waals surface area contributed by atoms with Gasteiger partial charge in [0.2, 0.25) is 10.0 Å². The Morgan fingerprint density at radius 2 is 1.73 bits per heavy atom. The van der Waals surface area contributed by atoms with Crippen LogP contribution in [0.5, 0.6) is 0 Å². The second kappa shape index (κ2) is 11.6. The van der Waals surface area contributed by atoms with E-state index in [1.807, 2.05) is 30.3 Å². The second-order valence-corrected chi connectivity index (χ2v) is 11.8. The minimum absolute atomic E-state index is 0.124. The van der Waals surface area contributed by atoms with E-state index >= 15 is 0 Å². The molecule has 2 aromatic carbocycles. The average Bonchev–Trinajstić information content (AvgIpc) is 3.28. The largest absolute Gasteiger partial charge is 0.355 e. The lowest BCUT2D eigenvalue weighted by Gasteiger charge is -2.25.